The Morgan fingerprint density at radius 2 is 1.83 bits per heavy atom. The summed E-state index contributed by atoms with van der Waals surface area (Å²) in [6, 6.07) is 13.6. The molecule has 0 bridgehead atoms. The highest BCUT2D eigenvalue weighted by molar-refractivity contribution is 5.97. The second kappa shape index (κ2) is 8.05. The fourth-order valence-corrected chi connectivity index (χ4v) is 2.99. The minimum Gasteiger partial charge on any atom is -0.350 e. The van der Waals surface area contributed by atoms with Crippen LogP contribution in [0.4, 0.5) is 4.39 Å². The van der Waals surface area contributed by atoms with E-state index in [4.69, 9.17) is 0 Å². The molecule has 0 saturated heterocycles. The summed E-state index contributed by atoms with van der Waals surface area (Å²) in [5.41, 5.74) is 3.69. The molecule has 1 N–H and O–H groups in total. The smallest absolute Gasteiger partial charge is 0.253 e. The summed E-state index contributed by atoms with van der Waals surface area (Å²) in [5.74, 6) is -0.483. The van der Waals surface area contributed by atoms with Crippen molar-refractivity contribution >= 4 is 5.91 Å². The van der Waals surface area contributed by atoms with Crippen molar-refractivity contribution in [3.05, 3.63) is 84.1 Å². The molecule has 0 atom stereocenters. The van der Waals surface area contributed by atoms with E-state index in [0.717, 1.165) is 16.8 Å². The van der Waals surface area contributed by atoms with Crippen molar-refractivity contribution in [1.82, 2.24) is 30.1 Å². The number of nitrogens with zero attached hydrogens (tertiary/aromatic N) is 5. The van der Waals surface area contributed by atoms with Crippen LogP contribution in [0.3, 0.4) is 0 Å². The monoisotopic (exact) mass is 390 g/mol. The van der Waals surface area contributed by atoms with Crippen LogP contribution >= 0.6 is 0 Å². The molecule has 0 aliphatic heterocycles. The first-order valence-corrected chi connectivity index (χ1v) is 9.15. The van der Waals surface area contributed by atoms with Crippen LogP contribution in [0.25, 0.3) is 16.9 Å². The summed E-state index contributed by atoms with van der Waals surface area (Å²) in [7, 11) is 0. The Morgan fingerprint density at radius 1 is 1.07 bits per heavy atom. The van der Waals surface area contributed by atoms with Gasteiger partial charge in [-0.25, -0.2) is 4.39 Å². The lowest BCUT2D eigenvalue weighted by Crippen LogP contribution is -2.28. The molecule has 2 aromatic heterocycles. The zero-order valence-corrected chi connectivity index (χ0v) is 15.8. The molecule has 2 aromatic carbocycles. The third-order valence-electron chi connectivity index (χ3n) is 4.44. The number of benzene rings is 2. The van der Waals surface area contributed by atoms with Gasteiger partial charge in [-0.15, -0.1) is 0 Å². The standard InChI is InChI=1S/C21H19FN6O/c1-15-2-7-20(28-24-9-10-25-28)18(14-15)21(29)23-11-13-27-12-8-19(26-27)16-3-5-17(22)6-4-16/h2-10,12,14H,11,13H2,1H3,(H,23,29). The van der Waals surface area contributed by atoms with E-state index < -0.39 is 0 Å². The summed E-state index contributed by atoms with van der Waals surface area (Å²) >= 11 is 0. The van der Waals surface area contributed by atoms with Gasteiger partial charge in [0.05, 0.1) is 35.9 Å². The molecule has 8 heteroatoms. The van der Waals surface area contributed by atoms with Crippen molar-refractivity contribution in [2.75, 3.05) is 6.54 Å². The van der Waals surface area contributed by atoms with Gasteiger partial charge in [0.2, 0.25) is 0 Å². The summed E-state index contributed by atoms with van der Waals surface area (Å²) in [4.78, 5) is 14.1. The maximum atomic E-state index is 13.1. The molecule has 0 spiro atoms. The van der Waals surface area contributed by atoms with Crippen LogP contribution in [-0.2, 0) is 6.54 Å². The molecule has 0 unspecified atom stereocenters. The van der Waals surface area contributed by atoms with E-state index >= 15 is 0 Å². The number of carbonyl (C=O) groups excluding carboxylic acids is 1. The molecule has 2 heterocycles. The molecule has 1 amide bonds. The molecule has 146 valence electrons. The Kier molecular flexibility index (Phi) is 5.15. The van der Waals surface area contributed by atoms with Gasteiger partial charge in [-0.2, -0.15) is 20.1 Å². The van der Waals surface area contributed by atoms with Gasteiger partial charge in [-0.3, -0.25) is 9.48 Å². The fraction of sp³-hybridized carbons (Fsp3) is 0.143. The molecule has 7 nitrogen and oxygen atoms in total. The van der Waals surface area contributed by atoms with Gasteiger partial charge in [-0.1, -0.05) is 11.6 Å². The zero-order chi connectivity index (χ0) is 20.2. The van der Waals surface area contributed by atoms with Crippen molar-refractivity contribution in [2.45, 2.75) is 13.5 Å². The lowest BCUT2D eigenvalue weighted by Gasteiger charge is -2.10. The van der Waals surface area contributed by atoms with Gasteiger partial charge in [0, 0.05) is 18.3 Å². The molecule has 0 saturated carbocycles. The Bertz CT molecular complexity index is 1120. The third kappa shape index (κ3) is 4.21. The van der Waals surface area contributed by atoms with E-state index in [0.29, 0.717) is 24.3 Å². The maximum Gasteiger partial charge on any atom is 0.253 e. The van der Waals surface area contributed by atoms with Crippen LogP contribution in [0.1, 0.15) is 15.9 Å². The molecule has 0 radical (unpaired) electrons. The number of aromatic nitrogens is 5. The molecular formula is C21H19FN6O. The first-order valence-electron chi connectivity index (χ1n) is 9.15. The molecule has 0 aliphatic rings. The lowest BCUT2D eigenvalue weighted by molar-refractivity contribution is 0.0951. The van der Waals surface area contributed by atoms with Crippen LogP contribution in [0.15, 0.2) is 67.1 Å². The molecule has 4 aromatic rings. The molecular weight excluding hydrogens is 371 g/mol. The van der Waals surface area contributed by atoms with Gasteiger partial charge < -0.3 is 5.32 Å². The van der Waals surface area contributed by atoms with Gasteiger partial charge in [0.15, 0.2) is 0 Å². The summed E-state index contributed by atoms with van der Waals surface area (Å²) < 4.78 is 14.8. The van der Waals surface area contributed by atoms with E-state index in [9.17, 15) is 9.18 Å². The zero-order valence-electron chi connectivity index (χ0n) is 15.8. The Balaban J connectivity index is 1.41. The minimum atomic E-state index is -0.281. The van der Waals surface area contributed by atoms with Crippen LogP contribution < -0.4 is 5.32 Å². The van der Waals surface area contributed by atoms with Gasteiger partial charge in [0.25, 0.3) is 5.91 Å². The second-order valence-electron chi connectivity index (χ2n) is 6.57. The number of hydrogen-bond acceptors (Lipinski definition) is 4. The highest BCUT2D eigenvalue weighted by atomic mass is 19.1. The highest BCUT2D eigenvalue weighted by Gasteiger charge is 2.14. The van der Waals surface area contributed by atoms with Gasteiger partial charge >= 0.3 is 0 Å². The van der Waals surface area contributed by atoms with Crippen LogP contribution in [0.2, 0.25) is 0 Å². The van der Waals surface area contributed by atoms with Crippen molar-refractivity contribution in [1.29, 1.82) is 0 Å². The van der Waals surface area contributed by atoms with Crippen LogP contribution in [-0.4, -0.2) is 37.2 Å². The van der Waals surface area contributed by atoms with Gasteiger partial charge in [0.1, 0.15) is 5.82 Å². The second-order valence-corrected chi connectivity index (χ2v) is 6.57. The van der Waals surface area contributed by atoms with E-state index in [2.05, 4.69) is 20.6 Å². The highest BCUT2D eigenvalue weighted by Crippen LogP contribution is 2.17. The quantitative estimate of drug-likeness (QED) is 0.549. The maximum absolute atomic E-state index is 13.1. The molecule has 0 aliphatic carbocycles. The Morgan fingerprint density at radius 3 is 2.59 bits per heavy atom. The number of carbonyl (C=O) groups is 1. The Labute approximate surface area is 166 Å². The SMILES string of the molecule is Cc1ccc(-n2nccn2)c(C(=O)NCCn2ccc(-c3ccc(F)cc3)n2)c1. The number of halogens is 1. The molecule has 4 rings (SSSR count). The average Bonchev–Trinajstić information content (AvgIpc) is 3.41. The van der Waals surface area contributed by atoms with Gasteiger partial charge in [-0.05, 0) is 49.4 Å². The van der Waals surface area contributed by atoms with E-state index in [1.807, 2.05) is 37.4 Å². The number of aryl methyl sites for hydroxylation is 1. The summed E-state index contributed by atoms with van der Waals surface area (Å²) in [6.07, 6.45) is 4.96. The van der Waals surface area contributed by atoms with Crippen molar-refractivity contribution < 1.29 is 9.18 Å². The van der Waals surface area contributed by atoms with Crippen LogP contribution in [0.5, 0.6) is 0 Å². The first kappa shape index (κ1) is 18.5. The first-order chi connectivity index (χ1) is 14.1. The Hall–Kier alpha value is -3.81. The normalized spacial score (nSPS) is 10.8. The number of hydrogen-bond donors (Lipinski definition) is 1. The van der Waals surface area contributed by atoms with E-state index in [1.165, 1.54) is 16.9 Å². The van der Waals surface area contributed by atoms with Crippen molar-refractivity contribution in [2.24, 2.45) is 0 Å². The third-order valence-corrected chi connectivity index (χ3v) is 4.44. The predicted octanol–water partition coefficient (Wildman–Crippen LogP) is 3.01. The number of amides is 1. The lowest BCUT2D eigenvalue weighted by atomic mass is 10.1. The molecule has 29 heavy (non-hydrogen) atoms. The van der Waals surface area contributed by atoms with Crippen molar-refractivity contribution in [3.63, 3.8) is 0 Å². The largest absolute Gasteiger partial charge is 0.350 e. The average molecular weight is 390 g/mol. The minimum absolute atomic E-state index is 0.202. The summed E-state index contributed by atoms with van der Waals surface area (Å²) in [5, 5.41) is 15.6. The number of nitrogens with one attached hydrogen (secondary N) is 1. The summed E-state index contributed by atoms with van der Waals surface area (Å²) in [6.45, 7) is 2.84. The van der Waals surface area contributed by atoms with E-state index in [1.54, 1.807) is 29.2 Å². The number of rotatable bonds is 6. The van der Waals surface area contributed by atoms with Crippen molar-refractivity contribution in [3.8, 4) is 16.9 Å². The van der Waals surface area contributed by atoms with E-state index in [-0.39, 0.29) is 11.7 Å². The van der Waals surface area contributed by atoms with Crippen LogP contribution in [0, 0.1) is 12.7 Å². The fourth-order valence-electron chi connectivity index (χ4n) is 2.99. The predicted molar refractivity (Wildman–Crippen MR) is 106 cm³/mol. The molecule has 0 fully saturated rings. The topological polar surface area (TPSA) is 77.6 Å².